The van der Waals surface area contributed by atoms with Crippen molar-refractivity contribution < 1.29 is 4.74 Å². The Morgan fingerprint density at radius 3 is 2.87 bits per heavy atom. The average molecular weight is 330 g/mol. The predicted molar refractivity (Wildman–Crippen MR) is 88.2 cm³/mol. The van der Waals surface area contributed by atoms with Crippen LogP contribution in [-0.4, -0.2) is 51.4 Å². The number of halogens is 1. The Morgan fingerprint density at radius 2 is 2.00 bits per heavy atom. The zero-order valence-electron chi connectivity index (χ0n) is 12.5. The molecule has 23 heavy (non-hydrogen) atoms. The number of aromatic amines is 1. The number of aromatic nitrogens is 4. The molecule has 0 radical (unpaired) electrons. The third-order valence-corrected chi connectivity index (χ3v) is 4.11. The largest absolute Gasteiger partial charge is 0.379 e. The van der Waals surface area contributed by atoms with Crippen molar-refractivity contribution in [2.45, 2.75) is 6.54 Å². The fraction of sp³-hybridized carbons (Fsp3) is 0.312. The van der Waals surface area contributed by atoms with Crippen LogP contribution < -0.4 is 0 Å². The molecule has 4 rings (SSSR count). The maximum absolute atomic E-state index is 6.20. The third kappa shape index (κ3) is 3.06. The molecule has 3 aromatic rings. The maximum Gasteiger partial charge on any atom is 0.182 e. The molecular weight excluding hydrogens is 314 g/mol. The summed E-state index contributed by atoms with van der Waals surface area (Å²) in [5.74, 6) is 0.554. The van der Waals surface area contributed by atoms with Crippen LogP contribution in [0.2, 0.25) is 5.15 Å². The first-order chi connectivity index (χ1) is 11.3. The van der Waals surface area contributed by atoms with Crippen LogP contribution >= 0.6 is 11.6 Å². The van der Waals surface area contributed by atoms with Crippen molar-refractivity contribution in [1.29, 1.82) is 0 Å². The van der Waals surface area contributed by atoms with Gasteiger partial charge in [0, 0.05) is 25.0 Å². The van der Waals surface area contributed by atoms with Gasteiger partial charge in [-0.2, -0.15) is 5.10 Å². The van der Waals surface area contributed by atoms with Gasteiger partial charge in [0.25, 0.3) is 0 Å². The maximum atomic E-state index is 6.20. The van der Waals surface area contributed by atoms with Crippen LogP contribution in [-0.2, 0) is 11.3 Å². The number of para-hydroxylation sites is 1. The van der Waals surface area contributed by atoms with Crippen LogP contribution in [0.15, 0.2) is 30.3 Å². The third-order valence-electron chi connectivity index (χ3n) is 3.92. The number of H-pyrrole nitrogens is 1. The number of benzene rings is 1. The van der Waals surface area contributed by atoms with Gasteiger partial charge in [-0.15, -0.1) is 0 Å². The molecule has 118 valence electrons. The van der Waals surface area contributed by atoms with E-state index in [0.29, 0.717) is 11.0 Å². The normalized spacial score (nSPS) is 16.0. The summed E-state index contributed by atoms with van der Waals surface area (Å²) in [6, 6.07) is 9.73. The summed E-state index contributed by atoms with van der Waals surface area (Å²) in [5.41, 5.74) is 2.58. The van der Waals surface area contributed by atoms with Crippen molar-refractivity contribution in [1.82, 2.24) is 25.1 Å². The number of morpholine rings is 1. The van der Waals surface area contributed by atoms with E-state index in [1.165, 1.54) is 0 Å². The van der Waals surface area contributed by atoms with E-state index in [2.05, 4.69) is 25.1 Å². The van der Waals surface area contributed by atoms with Gasteiger partial charge >= 0.3 is 0 Å². The summed E-state index contributed by atoms with van der Waals surface area (Å²) in [4.78, 5) is 11.3. The van der Waals surface area contributed by atoms with Gasteiger partial charge in [0.1, 0.15) is 10.8 Å². The second kappa shape index (κ2) is 6.23. The van der Waals surface area contributed by atoms with E-state index >= 15 is 0 Å². The highest BCUT2D eigenvalue weighted by molar-refractivity contribution is 6.29. The molecule has 0 amide bonds. The SMILES string of the molecule is Clc1cc(CN2CCOCC2)nc(-c2n[nH]c3ccccc23)n1. The van der Waals surface area contributed by atoms with Crippen LogP contribution in [0.1, 0.15) is 5.69 Å². The molecule has 0 aliphatic carbocycles. The fourth-order valence-electron chi connectivity index (χ4n) is 2.77. The van der Waals surface area contributed by atoms with Crippen molar-refractivity contribution in [2.24, 2.45) is 0 Å². The zero-order chi connectivity index (χ0) is 15.6. The number of rotatable bonds is 3. The van der Waals surface area contributed by atoms with E-state index in [1.807, 2.05) is 30.3 Å². The van der Waals surface area contributed by atoms with Gasteiger partial charge in [-0.05, 0) is 12.1 Å². The molecule has 0 bridgehead atoms. The molecule has 0 atom stereocenters. The quantitative estimate of drug-likeness (QED) is 0.748. The zero-order valence-corrected chi connectivity index (χ0v) is 13.3. The van der Waals surface area contributed by atoms with Crippen LogP contribution in [0.25, 0.3) is 22.4 Å². The average Bonchev–Trinajstić information content (AvgIpc) is 2.99. The van der Waals surface area contributed by atoms with Crippen molar-refractivity contribution in [3.05, 3.63) is 41.2 Å². The van der Waals surface area contributed by atoms with Crippen LogP contribution in [0.4, 0.5) is 0 Å². The summed E-state index contributed by atoms with van der Waals surface area (Å²) in [7, 11) is 0. The molecule has 1 fully saturated rings. The first kappa shape index (κ1) is 14.6. The molecule has 1 aliphatic rings. The summed E-state index contributed by atoms with van der Waals surface area (Å²) in [6.45, 7) is 4.07. The Balaban J connectivity index is 1.68. The van der Waals surface area contributed by atoms with Gasteiger partial charge in [0.15, 0.2) is 5.82 Å². The lowest BCUT2D eigenvalue weighted by atomic mass is 10.2. The van der Waals surface area contributed by atoms with Gasteiger partial charge in [0.2, 0.25) is 0 Å². The van der Waals surface area contributed by atoms with Crippen molar-refractivity contribution >= 4 is 22.5 Å². The van der Waals surface area contributed by atoms with Crippen LogP contribution in [0.3, 0.4) is 0 Å². The second-order valence-corrected chi connectivity index (χ2v) is 5.90. The molecule has 1 aromatic carbocycles. The van der Waals surface area contributed by atoms with Crippen molar-refractivity contribution in [3.8, 4) is 11.5 Å². The highest BCUT2D eigenvalue weighted by Crippen LogP contribution is 2.25. The monoisotopic (exact) mass is 329 g/mol. The lowest BCUT2D eigenvalue weighted by molar-refractivity contribution is 0.0336. The number of nitrogens with zero attached hydrogens (tertiary/aromatic N) is 4. The minimum Gasteiger partial charge on any atom is -0.379 e. The van der Waals surface area contributed by atoms with E-state index in [1.54, 1.807) is 0 Å². The lowest BCUT2D eigenvalue weighted by Crippen LogP contribution is -2.35. The summed E-state index contributed by atoms with van der Waals surface area (Å²) in [6.07, 6.45) is 0. The summed E-state index contributed by atoms with van der Waals surface area (Å²) in [5, 5.41) is 8.79. The molecule has 7 heteroatoms. The highest BCUT2D eigenvalue weighted by atomic mass is 35.5. The molecule has 1 aliphatic heterocycles. The van der Waals surface area contributed by atoms with Gasteiger partial charge in [0.05, 0.1) is 24.4 Å². The Hall–Kier alpha value is -2.02. The smallest absolute Gasteiger partial charge is 0.182 e. The van der Waals surface area contributed by atoms with Crippen molar-refractivity contribution in [3.63, 3.8) is 0 Å². The van der Waals surface area contributed by atoms with Crippen molar-refractivity contribution in [2.75, 3.05) is 26.3 Å². The Labute approximate surface area is 138 Å². The predicted octanol–water partition coefficient (Wildman–Crippen LogP) is 2.51. The van der Waals surface area contributed by atoms with E-state index in [-0.39, 0.29) is 0 Å². The van der Waals surface area contributed by atoms with E-state index in [4.69, 9.17) is 16.3 Å². The van der Waals surface area contributed by atoms with Crippen LogP contribution in [0, 0.1) is 0 Å². The highest BCUT2D eigenvalue weighted by Gasteiger charge is 2.15. The number of hydrogen-bond donors (Lipinski definition) is 1. The fourth-order valence-corrected chi connectivity index (χ4v) is 2.98. The first-order valence-corrected chi connectivity index (χ1v) is 7.94. The molecule has 0 spiro atoms. The standard InChI is InChI=1S/C16H16ClN5O/c17-14-9-11(10-22-5-7-23-8-6-22)18-16(19-14)15-12-3-1-2-4-13(12)20-21-15/h1-4,9H,5-8,10H2,(H,20,21). The molecule has 3 heterocycles. The van der Waals surface area contributed by atoms with Gasteiger partial charge in [-0.1, -0.05) is 29.8 Å². The van der Waals surface area contributed by atoms with Gasteiger partial charge in [-0.25, -0.2) is 9.97 Å². The van der Waals surface area contributed by atoms with Gasteiger partial charge in [-0.3, -0.25) is 10.00 Å². The van der Waals surface area contributed by atoms with E-state index < -0.39 is 0 Å². The Kier molecular flexibility index (Phi) is 3.95. The lowest BCUT2D eigenvalue weighted by Gasteiger charge is -2.26. The molecular formula is C16H16ClN5O. The number of hydrogen-bond acceptors (Lipinski definition) is 5. The Bertz CT molecular complexity index is 828. The van der Waals surface area contributed by atoms with Crippen LogP contribution in [0.5, 0.6) is 0 Å². The minimum absolute atomic E-state index is 0.436. The Morgan fingerprint density at radius 1 is 1.17 bits per heavy atom. The molecule has 1 N–H and O–H groups in total. The number of ether oxygens (including phenoxy) is 1. The summed E-state index contributed by atoms with van der Waals surface area (Å²) < 4.78 is 5.38. The molecule has 1 saturated heterocycles. The summed E-state index contributed by atoms with van der Waals surface area (Å²) >= 11 is 6.20. The van der Waals surface area contributed by atoms with E-state index in [9.17, 15) is 0 Å². The topological polar surface area (TPSA) is 66.9 Å². The number of nitrogens with one attached hydrogen (secondary N) is 1. The molecule has 0 saturated carbocycles. The first-order valence-electron chi connectivity index (χ1n) is 7.56. The van der Waals surface area contributed by atoms with Gasteiger partial charge < -0.3 is 4.74 Å². The van der Waals surface area contributed by atoms with E-state index in [0.717, 1.165) is 55.1 Å². The second-order valence-electron chi connectivity index (χ2n) is 5.51. The minimum atomic E-state index is 0.436. The molecule has 0 unspecified atom stereocenters. The molecule has 6 nitrogen and oxygen atoms in total. The molecule has 2 aromatic heterocycles. The number of fused-ring (bicyclic) bond motifs is 1.